The van der Waals surface area contributed by atoms with Crippen LogP contribution in [0.15, 0.2) is 60.8 Å². The van der Waals surface area contributed by atoms with Crippen LogP contribution >= 0.6 is 7.82 Å². The average Bonchev–Trinajstić information content (AvgIpc) is 2.98. The van der Waals surface area contributed by atoms with E-state index in [1.54, 1.807) is 6.08 Å². The molecule has 0 bridgehead atoms. The topological polar surface area (TPSA) is 140 Å². The summed E-state index contributed by atoms with van der Waals surface area (Å²) < 4.78 is 26.1. The van der Waals surface area contributed by atoms with Gasteiger partial charge in [-0.1, -0.05) is 120 Å². The molecule has 0 heterocycles. The van der Waals surface area contributed by atoms with Gasteiger partial charge in [-0.2, -0.15) is 0 Å². The number of hydrogen-bond donors (Lipinski definition) is 3. The third-order valence-electron chi connectivity index (χ3n) is 6.56. The number of phosphoric acid groups is 1. The Labute approximate surface area is 271 Å². The SMILES string of the molecule is CC/C=C\C/C=C\CC(O)/C=C/C=C\C/C=C\CCCC(=O)O[C@H](COC(=O)CCCCCCCCC(C)C)COP(=O)(O)O. The molecule has 258 valence electrons. The highest BCUT2D eigenvalue weighted by molar-refractivity contribution is 7.46. The molecule has 0 spiro atoms. The molecule has 9 nitrogen and oxygen atoms in total. The van der Waals surface area contributed by atoms with E-state index in [0.29, 0.717) is 32.1 Å². The van der Waals surface area contributed by atoms with Crippen molar-refractivity contribution in [3.05, 3.63) is 60.8 Å². The molecule has 0 rings (SSSR count). The molecule has 45 heavy (non-hydrogen) atoms. The van der Waals surface area contributed by atoms with Gasteiger partial charge in [0.1, 0.15) is 6.61 Å². The van der Waals surface area contributed by atoms with Crippen molar-refractivity contribution in [1.82, 2.24) is 0 Å². The minimum atomic E-state index is -4.78. The standard InChI is InChI=1S/C35H59O9P/c1-4-5-6-7-15-20-25-32(36)26-21-16-10-8-9-11-18-23-28-35(38)44-33(30-43-45(39,40)41)29-42-34(37)27-22-17-13-12-14-19-24-31(2)3/h5-6,9-11,15-16,20-21,26,31-33,36H,4,7-8,12-14,17-19,22-25,27-30H2,1-3H3,(H2,39,40,41)/b6-5-,11-9-,16-10-,20-15-,26-21+/t32?,33-/m1/s1. The Morgan fingerprint density at radius 2 is 1.40 bits per heavy atom. The number of aliphatic hydroxyl groups is 1. The molecular weight excluding hydrogens is 595 g/mol. The Morgan fingerprint density at radius 1 is 0.756 bits per heavy atom. The maximum Gasteiger partial charge on any atom is 0.469 e. The van der Waals surface area contributed by atoms with Gasteiger partial charge in [-0.25, -0.2) is 4.57 Å². The van der Waals surface area contributed by atoms with Crippen molar-refractivity contribution in [2.24, 2.45) is 5.92 Å². The van der Waals surface area contributed by atoms with Gasteiger partial charge in [0.2, 0.25) is 0 Å². The maximum absolute atomic E-state index is 12.3. The van der Waals surface area contributed by atoms with E-state index in [0.717, 1.165) is 38.0 Å². The van der Waals surface area contributed by atoms with Crippen molar-refractivity contribution in [1.29, 1.82) is 0 Å². The van der Waals surface area contributed by atoms with Gasteiger partial charge in [-0.15, -0.1) is 0 Å². The van der Waals surface area contributed by atoms with E-state index in [1.165, 1.54) is 19.3 Å². The fourth-order valence-electron chi connectivity index (χ4n) is 4.09. The summed E-state index contributed by atoms with van der Waals surface area (Å²) in [5.41, 5.74) is 0. The van der Waals surface area contributed by atoms with Crippen molar-refractivity contribution >= 4 is 19.8 Å². The van der Waals surface area contributed by atoms with Crippen LogP contribution in [0.5, 0.6) is 0 Å². The van der Waals surface area contributed by atoms with Gasteiger partial charge in [0.25, 0.3) is 0 Å². The number of aliphatic hydroxyl groups excluding tert-OH is 1. The lowest BCUT2D eigenvalue weighted by Crippen LogP contribution is -2.29. The van der Waals surface area contributed by atoms with Gasteiger partial charge in [0, 0.05) is 12.8 Å². The number of hydrogen-bond acceptors (Lipinski definition) is 7. The third-order valence-corrected chi connectivity index (χ3v) is 7.04. The molecule has 0 saturated carbocycles. The highest BCUT2D eigenvalue weighted by Crippen LogP contribution is 2.35. The zero-order valence-corrected chi connectivity index (χ0v) is 28.7. The Hall–Kier alpha value is -2.29. The Balaban J connectivity index is 4.25. The molecule has 0 aliphatic rings. The van der Waals surface area contributed by atoms with E-state index < -0.39 is 38.6 Å². The molecule has 0 aliphatic heterocycles. The van der Waals surface area contributed by atoms with Crippen molar-refractivity contribution in [3.8, 4) is 0 Å². The van der Waals surface area contributed by atoms with E-state index in [9.17, 15) is 19.3 Å². The Morgan fingerprint density at radius 3 is 2.11 bits per heavy atom. The van der Waals surface area contributed by atoms with E-state index in [2.05, 4.69) is 37.4 Å². The van der Waals surface area contributed by atoms with Gasteiger partial charge >= 0.3 is 19.8 Å². The number of carbonyl (C=O) groups excluding carboxylic acids is 2. The smallest absolute Gasteiger partial charge is 0.462 e. The predicted octanol–water partition coefficient (Wildman–Crippen LogP) is 8.22. The third kappa shape index (κ3) is 32.9. The van der Waals surface area contributed by atoms with Crippen LogP contribution in [0.4, 0.5) is 0 Å². The average molecular weight is 655 g/mol. The number of unbranched alkanes of at least 4 members (excludes halogenated alkanes) is 6. The lowest BCUT2D eigenvalue weighted by Gasteiger charge is -2.18. The number of carbonyl (C=O) groups is 2. The summed E-state index contributed by atoms with van der Waals surface area (Å²) in [4.78, 5) is 42.4. The van der Waals surface area contributed by atoms with E-state index in [-0.39, 0.29) is 19.4 Å². The van der Waals surface area contributed by atoms with Crippen LogP contribution in [0.2, 0.25) is 0 Å². The molecule has 0 radical (unpaired) electrons. The Kier molecular flexibility index (Phi) is 27.7. The molecule has 0 aromatic rings. The second-order valence-electron chi connectivity index (χ2n) is 11.4. The molecule has 0 aromatic carbocycles. The van der Waals surface area contributed by atoms with Crippen molar-refractivity contribution < 1.29 is 43.0 Å². The summed E-state index contributed by atoms with van der Waals surface area (Å²) in [6.45, 7) is 5.63. The molecule has 0 saturated heterocycles. The second-order valence-corrected chi connectivity index (χ2v) is 12.7. The van der Waals surface area contributed by atoms with Crippen LogP contribution < -0.4 is 0 Å². The van der Waals surface area contributed by atoms with Crippen LogP contribution in [-0.4, -0.2) is 52.3 Å². The summed E-state index contributed by atoms with van der Waals surface area (Å²) in [5.74, 6) is -0.282. The number of esters is 2. The molecular formula is C35H59O9P. The first-order valence-corrected chi connectivity index (χ1v) is 18.1. The monoisotopic (exact) mass is 654 g/mol. The zero-order chi connectivity index (χ0) is 33.6. The van der Waals surface area contributed by atoms with Gasteiger partial charge in [0.05, 0.1) is 12.7 Å². The van der Waals surface area contributed by atoms with Crippen LogP contribution in [0, 0.1) is 5.92 Å². The van der Waals surface area contributed by atoms with Gasteiger partial charge < -0.3 is 24.4 Å². The first kappa shape index (κ1) is 42.7. The molecule has 2 atom stereocenters. The molecule has 0 fully saturated rings. The number of phosphoric ester groups is 1. The quantitative estimate of drug-likeness (QED) is 0.0250. The largest absolute Gasteiger partial charge is 0.469 e. The fraction of sp³-hybridized carbons (Fsp3) is 0.657. The summed E-state index contributed by atoms with van der Waals surface area (Å²) >= 11 is 0. The van der Waals surface area contributed by atoms with Gasteiger partial charge in [-0.05, 0) is 50.9 Å². The highest BCUT2D eigenvalue weighted by Gasteiger charge is 2.22. The van der Waals surface area contributed by atoms with Gasteiger partial charge in [-0.3, -0.25) is 14.1 Å². The number of allylic oxidation sites excluding steroid dienone is 8. The lowest BCUT2D eigenvalue weighted by molar-refractivity contribution is -0.161. The summed E-state index contributed by atoms with van der Waals surface area (Å²) in [6.07, 6.45) is 30.1. The zero-order valence-electron chi connectivity index (χ0n) is 27.8. The molecule has 10 heteroatoms. The van der Waals surface area contributed by atoms with Crippen LogP contribution in [0.3, 0.4) is 0 Å². The first-order valence-electron chi connectivity index (χ1n) is 16.5. The highest BCUT2D eigenvalue weighted by atomic mass is 31.2. The van der Waals surface area contributed by atoms with Crippen LogP contribution in [0.25, 0.3) is 0 Å². The number of rotatable bonds is 28. The summed E-state index contributed by atoms with van der Waals surface area (Å²) in [5, 5.41) is 9.94. The van der Waals surface area contributed by atoms with Crippen molar-refractivity contribution in [2.45, 2.75) is 129 Å². The first-order chi connectivity index (χ1) is 21.5. The number of ether oxygens (including phenoxy) is 2. The fourth-order valence-corrected chi connectivity index (χ4v) is 4.45. The van der Waals surface area contributed by atoms with Crippen molar-refractivity contribution in [3.63, 3.8) is 0 Å². The molecule has 1 unspecified atom stereocenters. The molecule has 0 aliphatic carbocycles. The molecule has 3 N–H and O–H groups in total. The summed E-state index contributed by atoms with van der Waals surface area (Å²) in [7, 11) is -4.78. The normalized spacial score (nSPS) is 14.1. The van der Waals surface area contributed by atoms with Crippen molar-refractivity contribution in [2.75, 3.05) is 13.2 Å². The van der Waals surface area contributed by atoms with Gasteiger partial charge in [0.15, 0.2) is 6.10 Å². The van der Waals surface area contributed by atoms with Crippen LogP contribution in [-0.2, 0) is 28.2 Å². The minimum Gasteiger partial charge on any atom is -0.462 e. The molecule has 0 aromatic heterocycles. The minimum absolute atomic E-state index is 0.0989. The van der Waals surface area contributed by atoms with E-state index >= 15 is 0 Å². The Bertz CT molecular complexity index is 947. The predicted molar refractivity (Wildman–Crippen MR) is 180 cm³/mol. The van der Waals surface area contributed by atoms with Crippen LogP contribution in [0.1, 0.15) is 117 Å². The van der Waals surface area contributed by atoms with E-state index in [4.69, 9.17) is 19.3 Å². The summed E-state index contributed by atoms with van der Waals surface area (Å²) in [6, 6.07) is 0. The maximum atomic E-state index is 12.3. The lowest BCUT2D eigenvalue weighted by atomic mass is 10.0. The van der Waals surface area contributed by atoms with E-state index in [1.807, 2.05) is 42.5 Å². The molecule has 0 amide bonds. The second kappa shape index (κ2) is 29.1.